The molecule has 0 aromatic heterocycles. The van der Waals surface area contributed by atoms with Crippen LogP contribution in [-0.2, 0) is 4.79 Å². The Bertz CT molecular complexity index is 413. The summed E-state index contributed by atoms with van der Waals surface area (Å²) < 4.78 is 10.3. The van der Waals surface area contributed by atoms with Gasteiger partial charge in [0.25, 0.3) is 0 Å². The molecular formula is C10H10O5. The molecule has 0 saturated heterocycles. The van der Waals surface area contributed by atoms with Crippen LogP contribution in [0.2, 0.25) is 0 Å². The molecule has 1 aliphatic rings. The van der Waals surface area contributed by atoms with Gasteiger partial charge in [0, 0.05) is 0 Å². The second kappa shape index (κ2) is 3.43. The standard InChI is InChI=1S/C10H10O5/c1-5-2-6(8(11)10(12)13)3-7-9(5)15-4-14-7/h2-3,8,11H,4H2,1H3,(H,12,13). The van der Waals surface area contributed by atoms with Crippen LogP contribution < -0.4 is 9.47 Å². The first kappa shape index (κ1) is 9.79. The number of carboxylic acid groups (broad SMARTS) is 1. The summed E-state index contributed by atoms with van der Waals surface area (Å²) in [6, 6.07) is 3.06. The molecular weight excluding hydrogens is 200 g/mol. The average molecular weight is 210 g/mol. The Kier molecular flexibility index (Phi) is 2.24. The van der Waals surface area contributed by atoms with Crippen LogP contribution in [0.25, 0.3) is 0 Å². The van der Waals surface area contributed by atoms with E-state index in [0.717, 1.165) is 5.56 Å². The molecule has 2 rings (SSSR count). The smallest absolute Gasteiger partial charge is 0.337 e. The SMILES string of the molecule is Cc1cc(C(O)C(=O)O)cc2c1OCO2. The summed E-state index contributed by atoms with van der Waals surface area (Å²) in [5, 5.41) is 18.0. The van der Waals surface area contributed by atoms with Crippen molar-refractivity contribution >= 4 is 5.97 Å². The molecule has 0 fully saturated rings. The second-order valence-electron chi connectivity index (χ2n) is 3.31. The lowest BCUT2D eigenvalue weighted by atomic mass is 10.1. The highest BCUT2D eigenvalue weighted by Gasteiger charge is 2.22. The van der Waals surface area contributed by atoms with Gasteiger partial charge in [0.1, 0.15) is 0 Å². The number of rotatable bonds is 2. The van der Waals surface area contributed by atoms with Gasteiger partial charge in [-0.3, -0.25) is 0 Å². The number of aliphatic hydroxyl groups is 1. The van der Waals surface area contributed by atoms with Gasteiger partial charge in [-0.1, -0.05) is 0 Å². The summed E-state index contributed by atoms with van der Waals surface area (Å²) >= 11 is 0. The van der Waals surface area contributed by atoms with Crippen molar-refractivity contribution < 1.29 is 24.5 Å². The number of ether oxygens (including phenoxy) is 2. The van der Waals surface area contributed by atoms with Crippen LogP contribution in [0.4, 0.5) is 0 Å². The van der Waals surface area contributed by atoms with E-state index in [1.54, 1.807) is 13.0 Å². The molecule has 1 aliphatic heterocycles. The number of aliphatic hydroxyl groups excluding tert-OH is 1. The lowest BCUT2D eigenvalue weighted by Crippen LogP contribution is -2.10. The van der Waals surface area contributed by atoms with Gasteiger partial charge in [0.15, 0.2) is 17.6 Å². The van der Waals surface area contributed by atoms with Crippen LogP contribution in [0.3, 0.4) is 0 Å². The molecule has 5 heteroatoms. The molecule has 0 saturated carbocycles. The van der Waals surface area contributed by atoms with E-state index >= 15 is 0 Å². The van der Waals surface area contributed by atoms with Crippen LogP contribution >= 0.6 is 0 Å². The Morgan fingerprint density at radius 1 is 1.47 bits per heavy atom. The predicted molar refractivity (Wildman–Crippen MR) is 49.9 cm³/mol. The van der Waals surface area contributed by atoms with E-state index in [9.17, 15) is 9.90 Å². The minimum Gasteiger partial charge on any atom is -0.479 e. The Balaban J connectivity index is 2.43. The quantitative estimate of drug-likeness (QED) is 0.756. The molecule has 0 radical (unpaired) electrons. The first-order valence-corrected chi connectivity index (χ1v) is 4.40. The molecule has 1 aromatic carbocycles. The fraction of sp³-hybridized carbons (Fsp3) is 0.300. The molecule has 1 heterocycles. The van der Waals surface area contributed by atoms with Crippen molar-refractivity contribution in [2.75, 3.05) is 6.79 Å². The number of fused-ring (bicyclic) bond motifs is 1. The van der Waals surface area contributed by atoms with Crippen LogP contribution in [0.5, 0.6) is 11.5 Å². The molecule has 0 amide bonds. The topological polar surface area (TPSA) is 76.0 Å². The van der Waals surface area contributed by atoms with Gasteiger partial charge >= 0.3 is 5.97 Å². The third-order valence-electron chi connectivity index (χ3n) is 2.23. The van der Waals surface area contributed by atoms with E-state index < -0.39 is 12.1 Å². The summed E-state index contributed by atoms with van der Waals surface area (Å²) in [5.41, 5.74) is 1.05. The van der Waals surface area contributed by atoms with E-state index in [4.69, 9.17) is 14.6 Å². The second-order valence-corrected chi connectivity index (χ2v) is 3.31. The lowest BCUT2D eigenvalue weighted by Gasteiger charge is -2.08. The summed E-state index contributed by atoms with van der Waals surface area (Å²) in [7, 11) is 0. The fourth-order valence-electron chi connectivity index (χ4n) is 1.51. The van der Waals surface area contributed by atoms with Gasteiger partial charge in [0.05, 0.1) is 0 Å². The van der Waals surface area contributed by atoms with Crippen LogP contribution in [-0.4, -0.2) is 23.0 Å². The van der Waals surface area contributed by atoms with Gasteiger partial charge < -0.3 is 19.7 Å². The van der Waals surface area contributed by atoms with E-state index in [-0.39, 0.29) is 6.79 Å². The van der Waals surface area contributed by atoms with Crippen LogP contribution in [0, 0.1) is 6.92 Å². The third-order valence-corrected chi connectivity index (χ3v) is 2.23. The number of hydrogen-bond acceptors (Lipinski definition) is 4. The molecule has 80 valence electrons. The Labute approximate surface area is 85.9 Å². The number of aryl methyl sites for hydroxylation is 1. The molecule has 0 bridgehead atoms. The van der Waals surface area contributed by atoms with Gasteiger partial charge in [-0.25, -0.2) is 4.79 Å². The minimum absolute atomic E-state index is 0.128. The lowest BCUT2D eigenvalue weighted by molar-refractivity contribution is -0.146. The van der Waals surface area contributed by atoms with Crippen LogP contribution in [0.1, 0.15) is 17.2 Å². The fourth-order valence-corrected chi connectivity index (χ4v) is 1.51. The molecule has 1 unspecified atom stereocenters. The van der Waals surface area contributed by atoms with Crippen molar-refractivity contribution in [3.63, 3.8) is 0 Å². The zero-order valence-electron chi connectivity index (χ0n) is 8.06. The van der Waals surface area contributed by atoms with Crippen molar-refractivity contribution in [2.45, 2.75) is 13.0 Å². The summed E-state index contributed by atoms with van der Waals surface area (Å²) in [4.78, 5) is 10.6. The average Bonchev–Trinajstić information content (AvgIpc) is 2.64. The van der Waals surface area contributed by atoms with Crippen molar-refractivity contribution in [2.24, 2.45) is 0 Å². The monoisotopic (exact) mass is 210 g/mol. The Morgan fingerprint density at radius 3 is 2.87 bits per heavy atom. The number of carboxylic acids is 1. The van der Waals surface area contributed by atoms with Gasteiger partial charge in [0.2, 0.25) is 6.79 Å². The highest BCUT2D eigenvalue weighted by molar-refractivity contribution is 5.74. The van der Waals surface area contributed by atoms with Crippen molar-refractivity contribution in [3.8, 4) is 11.5 Å². The zero-order valence-corrected chi connectivity index (χ0v) is 8.06. The first-order valence-electron chi connectivity index (χ1n) is 4.40. The van der Waals surface area contributed by atoms with Crippen molar-refractivity contribution in [1.29, 1.82) is 0 Å². The maximum Gasteiger partial charge on any atom is 0.337 e. The van der Waals surface area contributed by atoms with E-state index in [0.29, 0.717) is 17.1 Å². The maximum absolute atomic E-state index is 10.6. The number of benzene rings is 1. The van der Waals surface area contributed by atoms with Crippen LogP contribution in [0.15, 0.2) is 12.1 Å². The largest absolute Gasteiger partial charge is 0.479 e. The highest BCUT2D eigenvalue weighted by atomic mass is 16.7. The highest BCUT2D eigenvalue weighted by Crippen LogP contribution is 2.37. The predicted octanol–water partition coefficient (Wildman–Crippen LogP) is 0.842. The van der Waals surface area contributed by atoms with Gasteiger partial charge in [-0.05, 0) is 30.2 Å². The normalized spacial score (nSPS) is 15.1. The van der Waals surface area contributed by atoms with Gasteiger partial charge in [-0.2, -0.15) is 0 Å². The van der Waals surface area contributed by atoms with Gasteiger partial charge in [-0.15, -0.1) is 0 Å². The van der Waals surface area contributed by atoms with Crippen molar-refractivity contribution in [3.05, 3.63) is 23.3 Å². The summed E-state index contributed by atoms with van der Waals surface area (Å²) in [6.45, 7) is 1.90. The number of carbonyl (C=O) groups is 1. The maximum atomic E-state index is 10.6. The molecule has 15 heavy (non-hydrogen) atoms. The molecule has 0 aliphatic carbocycles. The van der Waals surface area contributed by atoms with E-state index in [1.807, 2.05) is 0 Å². The molecule has 1 atom stereocenters. The first-order chi connectivity index (χ1) is 7.09. The summed E-state index contributed by atoms with van der Waals surface area (Å²) in [5.74, 6) is -0.199. The number of aliphatic carboxylic acids is 1. The van der Waals surface area contributed by atoms with E-state index in [2.05, 4.69) is 0 Å². The number of hydrogen-bond donors (Lipinski definition) is 2. The van der Waals surface area contributed by atoms with E-state index in [1.165, 1.54) is 6.07 Å². The summed E-state index contributed by atoms with van der Waals surface area (Å²) in [6.07, 6.45) is -1.53. The zero-order chi connectivity index (χ0) is 11.0. The Hall–Kier alpha value is -1.75. The minimum atomic E-state index is -1.53. The molecule has 5 nitrogen and oxygen atoms in total. The van der Waals surface area contributed by atoms with Crippen molar-refractivity contribution in [1.82, 2.24) is 0 Å². The molecule has 2 N–H and O–H groups in total. The Morgan fingerprint density at radius 2 is 2.20 bits per heavy atom. The third kappa shape index (κ3) is 1.61. The molecule has 0 spiro atoms. The molecule has 1 aromatic rings.